The van der Waals surface area contributed by atoms with Gasteiger partial charge >= 0.3 is 0 Å². The summed E-state index contributed by atoms with van der Waals surface area (Å²) in [6, 6.07) is 9.40. The number of aryl methyl sites for hydroxylation is 2. The fourth-order valence-corrected chi connectivity index (χ4v) is 4.62. The summed E-state index contributed by atoms with van der Waals surface area (Å²) in [5, 5.41) is 0. The first-order chi connectivity index (χ1) is 12.2. The predicted molar refractivity (Wildman–Crippen MR) is 104 cm³/mol. The number of carbonyl (C=O) groups is 2. The average Bonchev–Trinajstić information content (AvgIpc) is 2.91. The molecule has 2 N–H and O–H groups in total. The lowest BCUT2D eigenvalue weighted by atomic mass is 10.1. The van der Waals surface area contributed by atoms with Crippen molar-refractivity contribution < 1.29 is 9.59 Å². The number of hydrazine groups is 1. The Labute approximate surface area is 156 Å². The molecular weight excluding hydrogens is 352 g/mol. The van der Waals surface area contributed by atoms with Crippen LogP contribution in [0.3, 0.4) is 0 Å². The van der Waals surface area contributed by atoms with Gasteiger partial charge in [-0.25, -0.2) is 0 Å². The molecule has 0 radical (unpaired) electrons. The molecule has 1 aromatic heterocycles. The second-order valence-electron chi connectivity index (χ2n) is 6.16. The molecule has 0 saturated heterocycles. The van der Waals surface area contributed by atoms with E-state index < -0.39 is 0 Å². The summed E-state index contributed by atoms with van der Waals surface area (Å²) in [6.07, 6.45) is 7.79. The summed E-state index contributed by atoms with van der Waals surface area (Å²) in [5.74, 6) is 0.370. The second-order valence-corrected chi connectivity index (χ2v) is 8.16. The largest absolute Gasteiger partial charge is 0.279 e. The van der Waals surface area contributed by atoms with Crippen LogP contribution in [0.5, 0.6) is 0 Å². The van der Waals surface area contributed by atoms with E-state index in [1.807, 2.05) is 24.5 Å². The van der Waals surface area contributed by atoms with Crippen molar-refractivity contribution in [2.24, 2.45) is 0 Å². The Bertz CT molecular complexity index is 730. The summed E-state index contributed by atoms with van der Waals surface area (Å²) in [4.78, 5) is 26.5. The lowest BCUT2D eigenvalue weighted by molar-refractivity contribution is 0.0849. The Morgan fingerprint density at radius 2 is 1.76 bits per heavy atom. The molecule has 1 aromatic carbocycles. The highest BCUT2D eigenvalue weighted by Crippen LogP contribution is 2.28. The van der Waals surface area contributed by atoms with Gasteiger partial charge in [-0.1, -0.05) is 18.6 Å². The van der Waals surface area contributed by atoms with Crippen LogP contribution >= 0.6 is 23.1 Å². The first-order valence-electron chi connectivity index (χ1n) is 8.47. The normalized spacial score (nSPS) is 13.6. The molecule has 25 heavy (non-hydrogen) atoms. The third-order valence-electron chi connectivity index (χ3n) is 4.29. The van der Waals surface area contributed by atoms with Crippen molar-refractivity contribution in [1.82, 2.24) is 10.9 Å². The molecule has 4 nitrogen and oxygen atoms in total. The number of fused-ring (bicyclic) bond motifs is 1. The van der Waals surface area contributed by atoms with Crippen molar-refractivity contribution in [2.75, 3.05) is 6.26 Å². The molecule has 1 heterocycles. The number of thiophene rings is 1. The number of carbonyl (C=O) groups excluding carboxylic acids is 2. The minimum atomic E-state index is -0.304. The molecule has 0 aliphatic heterocycles. The summed E-state index contributed by atoms with van der Waals surface area (Å²) >= 11 is 3.28. The van der Waals surface area contributed by atoms with Gasteiger partial charge in [0.25, 0.3) is 11.8 Å². The Morgan fingerprint density at radius 1 is 1.04 bits per heavy atom. The molecular formula is C19H22N2O2S2. The highest BCUT2D eigenvalue weighted by molar-refractivity contribution is 7.97. The average molecular weight is 375 g/mol. The number of hydrogen-bond donors (Lipinski definition) is 2. The zero-order valence-electron chi connectivity index (χ0n) is 14.3. The van der Waals surface area contributed by atoms with Gasteiger partial charge in [-0.2, -0.15) is 11.8 Å². The minimum Gasteiger partial charge on any atom is -0.267 e. The minimum absolute atomic E-state index is 0.245. The second kappa shape index (κ2) is 8.54. The van der Waals surface area contributed by atoms with Crippen LogP contribution in [0.1, 0.15) is 55.3 Å². The van der Waals surface area contributed by atoms with Crippen molar-refractivity contribution in [2.45, 2.75) is 37.9 Å². The molecule has 0 spiro atoms. The highest BCUT2D eigenvalue weighted by Gasteiger charge is 2.17. The summed E-state index contributed by atoms with van der Waals surface area (Å²) in [6.45, 7) is 0. The Hall–Kier alpha value is -1.79. The maximum atomic E-state index is 12.3. The fourth-order valence-electron chi connectivity index (χ4n) is 2.95. The molecule has 0 atom stereocenters. The van der Waals surface area contributed by atoms with E-state index in [4.69, 9.17) is 0 Å². The molecule has 1 aliphatic rings. The van der Waals surface area contributed by atoms with Gasteiger partial charge in [0.05, 0.1) is 4.88 Å². The SMILES string of the molecule is CSCc1ccc(C(=O)NNC(=O)c2cc3c(s2)CCCCC3)cc1. The van der Waals surface area contributed by atoms with Gasteiger partial charge < -0.3 is 0 Å². The van der Waals surface area contributed by atoms with Gasteiger partial charge in [-0.05, 0) is 61.3 Å². The van der Waals surface area contributed by atoms with Crippen LogP contribution in [0, 0.1) is 0 Å². The Balaban J connectivity index is 1.57. The third kappa shape index (κ3) is 4.64. The van der Waals surface area contributed by atoms with Crippen LogP contribution < -0.4 is 10.9 Å². The number of nitrogens with one attached hydrogen (secondary N) is 2. The van der Waals surface area contributed by atoms with Crippen molar-refractivity contribution in [1.29, 1.82) is 0 Å². The van der Waals surface area contributed by atoms with E-state index in [0.29, 0.717) is 10.4 Å². The van der Waals surface area contributed by atoms with Gasteiger partial charge in [0.1, 0.15) is 0 Å². The third-order valence-corrected chi connectivity index (χ3v) is 6.14. The van der Waals surface area contributed by atoms with Gasteiger partial charge in [-0.15, -0.1) is 11.3 Å². The molecule has 0 saturated carbocycles. The topological polar surface area (TPSA) is 58.2 Å². The van der Waals surface area contributed by atoms with E-state index in [-0.39, 0.29) is 11.8 Å². The smallest absolute Gasteiger partial charge is 0.267 e. The van der Waals surface area contributed by atoms with Crippen LogP contribution in [-0.4, -0.2) is 18.1 Å². The zero-order chi connectivity index (χ0) is 17.6. The Morgan fingerprint density at radius 3 is 2.52 bits per heavy atom. The first-order valence-corrected chi connectivity index (χ1v) is 10.7. The standard InChI is InChI=1S/C19H22N2O2S2/c1-24-12-13-7-9-14(10-8-13)18(22)20-21-19(23)17-11-15-5-3-2-4-6-16(15)25-17/h7-11H,2-6,12H2,1H3,(H,20,22)(H,21,23). The van der Waals surface area contributed by atoms with Crippen LogP contribution in [0.25, 0.3) is 0 Å². The lowest BCUT2D eigenvalue weighted by Gasteiger charge is -2.07. The molecule has 2 aromatic rings. The van der Waals surface area contributed by atoms with E-state index in [1.54, 1.807) is 35.2 Å². The quantitative estimate of drug-likeness (QED) is 0.629. The van der Waals surface area contributed by atoms with Gasteiger partial charge in [-0.3, -0.25) is 20.4 Å². The van der Waals surface area contributed by atoms with Crippen molar-refractivity contribution in [3.63, 3.8) is 0 Å². The fraction of sp³-hybridized carbons (Fsp3) is 0.368. The predicted octanol–water partition coefficient (Wildman–Crippen LogP) is 3.95. The molecule has 6 heteroatoms. The van der Waals surface area contributed by atoms with E-state index in [2.05, 4.69) is 10.9 Å². The van der Waals surface area contributed by atoms with Crippen LogP contribution in [0.2, 0.25) is 0 Å². The van der Waals surface area contributed by atoms with Crippen LogP contribution in [0.15, 0.2) is 30.3 Å². The van der Waals surface area contributed by atoms with Gasteiger partial charge in [0, 0.05) is 16.2 Å². The molecule has 0 bridgehead atoms. The molecule has 1 aliphatic carbocycles. The van der Waals surface area contributed by atoms with E-state index in [9.17, 15) is 9.59 Å². The van der Waals surface area contributed by atoms with Crippen LogP contribution in [-0.2, 0) is 18.6 Å². The number of benzene rings is 1. The van der Waals surface area contributed by atoms with Crippen molar-refractivity contribution >= 4 is 34.9 Å². The summed E-state index contributed by atoms with van der Waals surface area (Å²) in [5.41, 5.74) is 8.04. The summed E-state index contributed by atoms with van der Waals surface area (Å²) < 4.78 is 0. The molecule has 2 amide bonds. The van der Waals surface area contributed by atoms with Crippen LogP contribution in [0.4, 0.5) is 0 Å². The van der Waals surface area contributed by atoms with Gasteiger partial charge in [0.15, 0.2) is 0 Å². The lowest BCUT2D eigenvalue weighted by Crippen LogP contribution is -2.41. The summed E-state index contributed by atoms with van der Waals surface area (Å²) in [7, 11) is 0. The molecule has 0 unspecified atom stereocenters. The van der Waals surface area contributed by atoms with E-state index >= 15 is 0 Å². The van der Waals surface area contributed by atoms with Crippen molar-refractivity contribution in [3.05, 3.63) is 56.8 Å². The molecule has 3 rings (SSSR count). The van der Waals surface area contributed by atoms with Crippen molar-refractivity contribution in [3.8, 4) is 0 Å². The highest BCUT2D eigenvalue weighted by atomic mass is 32.2. The number of thioether (sulfide) groups is 1. The van der Waals surface area contributed by atoms with Gasteiger partial charge in [0.2, 0.25) is 0 Å². The number of rotatable bonds is 4. The maximum absolute atomic E-state index is 12.3. The number of amides is 2. The van der Waals surface area contributed by atoms with E-state index in [0.717, 1.165) is 18.6 Å². The zero-order valence-corrected chi connectivity index (χ0v) is 15.9. The molecule has 132 valence electrons. The number of hydrogen-bond acceptors (Lipinski definition) is 4. The maximum Gasteiger partial charge on any atom is 0.279 e. The first kappa shape index (κ1) is 18.0. The monoisotopic (exact) mass is 374 g/mol. The molecule has 0 fully saturated rings. The Kier molecular flexibility index (Phi) is 6.15. The van der Waals surface area contributed by atoms with E-state index in [1.165, 1.54) is 35.3 Å².